The summed E-state index contributed by atoms with van der Waals surface area (Å²) in [5.74, 6) is 2.11. The van der Waals surface area contributed by atoms with E-state index in [-0.39, 0.29) is 5.84 Å². The van der Waals surface area contributed by atoms with Crippen LogP contribution in [-0.2, 0) is 13.0 Å². The van der Waals surface area contributed by atoms with Crippen LogP contribution in [0.2, 0.25) is 0 Å². The van der Waals surface area contributed by atoms with Crippen molar-refractivity contribution in [2.75, 3.05) is 0 Å². The van der Waals surface area contributed by atoms with Gasteiger partial charge in [-0.1, -0.05) is 6.92 Å². The average Bonchev–Trinajstić information content (AvgIpc) is 2.46. The maximum Gasteiger partial charge on any atom is 0.198 e. The van der Waals surface area contributed by atoms with Gasteiger partial charge in [-0.25, -0.2) is 0 Å². The molecule has 70 valence electrons. The molecule has 1 unspecified atom stereocenters. The summed E-state index contributed by atoms with van der Waals surface area (Å²) >= 11 is 0. The summed E-state index contributed by atoms with van der Waals surface area (Å²) in [7, 11) is 0. The van der Waals surface area contributed by atoms with Crippen LogP contribution in [-0.4, -0.2) is 20.6 Å². The van der Waals surface area contributed by atoms with Crippen LogP contribution in [0.5, 0.6) is 0 Å². The number of nitrogens with one attached hydrogen (secondary N) is 1. The topological polar surface area (TPSA) is 80.6 Å². The second kappa shape index (κ2) is 2.83. The lowest BCUT2D eigenvalue weighted by Crippen LogP contribution is -2.24. The molecule has 0 aliphatic carbocycles. The standard InChI is InChI=1S/C8H13N5/c1-5-2-3-6-11-12-8(7(9)10)13(6)4-5/h5H,2-4H2,1H3,(H3,9,10). The molecule has 2 heterocycles. The van der Waals surface area contributed by atoms with Gasteiger partial charge in [0, 0.05) is 13.0 Å². The number of nitrogens with two attached hydrogens (primary N) is 1. The van der Waals surface area contributed by atoms with E-state index in [1.807, 2.05) is 4.57 Å². The molecule has 0 spiro atoms. The van der Waals surface area contributed by atoms with Gasteiger partial charge in [0.1, 0.15) is 5.82 Å². The fourth-order valence-corrected chi connectivity index (χ4v) is 1.69. The number of hydrogen-bond acceptors (Lipinski definition) is 3. The van der Waals surface area contributed by atoms with E-state index in [1.165, 1.54) is 0 Å². The molecular weight excluding hydrogens is 166 g/mol. The van der Waals surface area contributed by atoms with Crippen molar-refractivity contribution in [3.8, 4) is 0 Å². The Hall–Kier alpha value is -1.39. The third-order valence-corrected chi connectivity index (χ3v) is 2.42. The molecule has 1 aromatic rings. The summed E-state index contributed by atoms with van der Waals surface area (Å²) in [4.78, 5) is 0. The highest BCUT2D eigenvalue weighted by atomic mass is 15.3. The molecule has 0 radical (unpaired) electrons. The van der Waals surface area contributed by atoms with Gasteiger partial charge in [0.25, 0.3) is 0 Å². The van der Waals surface area contributed by atoms with Crippen molar-refractivity contribution in [2.24, 2.45) is 11.7 Å². The molecule has 0 saturated carbocycles. The van der Waals surface area contributed by atoms with Crippen LogP contribution in [0.15, 0.2) is 0 Å². The lowest BCUT2D eigenvalue weighted by Gasteiger charge is -2.20. The first-order valence-electron chi connectivity index (χ1n) is 4.45. The van der Waals surface area contributed by atoms with Crippen LogP contribution in [0, 0.1) is 11.3 Å². The van der Waals surface area contributed by atoms with Gasteiger partial charge in [-0.3, -0.25) is 5.41 Å². The third-order valence-electron chi connectivity index (χ3n) is 2.42. The summed E-state index contributed by atoms with van der Waals surface area (Å²) in [6, 6.07) is 0. The summed E-state index contributed by atoms with van der Waals surface area (Å²) < 4.78 is 1.95. The van der Waals surface area contributed by atoms with Gasteiger partial charge in [-0.15, -0.1) is 10.2 Å². The van der Waals surface area contributed by atoms with E-state index < -0.39 is 0 Å². The smallest absolute Gasteiger partial charge is 0.198 e. The molecular formula is C8H13N5. The lowest BCUT2D eigenvalue weighted by molar-refractivity contribution is 0.392. The van der Waals surface area contributed by atoms with Crippen LogP contribution in [0.25, 0.3) is 0 Å². The van der Waals surface area contributed by atoms with Gasteiger partial charge < -0.3 is 10.3 Å². The van der Waals surface area contributed by atoms with E-state index in [1.54, 1.807) is 0 Å². The molecule has 0 amide bonds. The molecule has 0 saturated heterocycles. The monoisotopic (exact) mass is 179 g/mol. The van der Waals surface area contributed by atoms with Crippen molar-refractivity contribution < 1.29 is 0 Å². The molecule has 1 aromatic heterocycles. The Kier molecular flexibility index (Phi) is 1.79. The Balaban J connectivity index is 2.41. The molecule has 1 aliphatic rings. The zero-order valence-corrected chi connectivity index (χ0v) is 7.62. The summed E-state index contributed by atoms with van der Waals surface area (Å²) in [5.41, 5.74) is 5.39. The summed E-state index contributed by atoms with van der Waals surface area (Å²) in [5, 5.41) is 15.2. The van der Waals surface area contributed by atoms with Crippen molar-refractivity contribution in [1.82, 2.24) is 14.8 Å². The zero-order chi connectivity index (χ0) is 9.42. The van der Waals surface area contributed by atoms with E-state index in [4.69, 9.17) is 11.1 Å². The van der Waals surface area contributed by atoms with E-state index in [2.05, 4.69) is 17.1 Å². The predicted molar refractivity (Wildman–Crippen MR) is 48.5 cm³/mol. The van der Waals surface area contributed by atoms with Crippen LogP contribution >= 0.6 is 0 Å². The number of aryl methyl sites for hydroxylation is 1. The van der Waals surface area contributed by atoms with Crippen molar-refractivity contribution in [3.05, 3.63) is 11.6 Å². The van der Waals surface area contributed by atoms with Crippen molar-refractivity contribution in [1.29, 1.82) is 5.41 Å². The maximum atomic E-state index is 7.31. The van der Waals surface area contributed by atoms with Crippen LogP contribution in [0.3, 0.4) is 0 Å². The number of fused-ring (bicyclic) bond motifs is 1. The number of nitrogens with zero attached hydrogens (tertiary/aromatic N) is 3. The average molecular weight is 179 g/mol. The Morgan fingerprint density at radius 3 is 3.08 bits per heavy atom. The van der Waals surface area contributed by atoms with Crippen LogP contribution in [0.1, 0.15) is 25.0 Å². The lowest BCUT2D eigenvalue weighted by atomic mass is 10.0. The molecule has 2 rings (SSSR count). The zero-order valence-electron chi connectivity index (χ0n) is 7.62. The van der Waals surface area contributed by atoms with Gasteiger partial charge in [0.05, 0.1) is 0 Å². The first-order valence-corrected chi connectivity index (χ1v) is 4.45. The first-order chi connectivity index (χ1) is 6.18. The van der Waals surface area contributed by atoms with Gasteiger partial charge in [0.15, 0.2) is 11.7 Å². The molecule has 0 bridgehead atoms. The Labute approximate surface area is 76.5 Å². The molecule has 0 fully saturated rings. The largest absolute Gasteiger partial charge is 0.381 e. The molecule has 1 atom stereocenters. The van der Waals surface area contributed by atoms with Gasteiger partial charge in [-0.2, -0.15) is 0 Å². The number of amidine groups is 1. The normalized spacial score (nSPS) is 21.2. The number of rotatable bonds is 1. The molecule has 3 N–H and O–H groups in total. The quantitative estimate of drug-likeness (QED) is 0.475. The highest BCUT2D eigenvalue weighted by Gasteiger charge is 2.20. The summed E-state index contributed by atoms with van der Waals surface area (Å²) in [6.45, 7) is 3.07. The number of aromatic nitrogens is 3. The Morgan fingerprint density at radius 1 is 1.62 bits per heavy atom. The fourth-order valence-electron chi connectivity index (χ4n) is 1.69. The second-order valence-corrected chi connectivity index (χ2v) is 3.61. The predicted octanol–water partition coefficient (Wildman–Crippen LogP) is 0.144. The number of nitrogen functional groups attached to an aromatic ring is 1. The Bertz CT molecular complexity index is 340. The van der Waals surface area contributed by atoms with E-state index in [9.17, 15) is 0 Å². The minimum absolute atomic E-state index is 0.00727. The van der Waals surface area contributed by atoms with Gasteiger partial charge in [-0.05, 0) is 12.3 Å². The van der Waals surface area contributed by atoms with E-state index in [0.717, 1.165) is 25.2 Å². The maximum absolute atomic E-state index is 7.31. The molecule has 0 aromatic carbocycles. The van der Waals surface area contributed by atoms with Gasteiger partial charge >= 0.3 is 0 Å². The van der Waals surface area contributed by atoms with Crippen LogP contribution in [0.4, 0.5) is 0 Å². The minimum atomic E-state index is 0.00727. The van der Waals surface area contributed by atoms with E-state index in [0.29, 0.717) is 11.7 Å². The minimum Gasteiger partial charge on any atom is -0.381 e. The molecule has 5 heteroatoms. The Morgan fingerprint density at radius 2 is 2.38 bits per heavy atom. The van der Waals surface area contributed by atoms with Crippen LogP contribution < -0.4 is 5.73 Å². The first kappa shape index (κ1) is 8.22. The SMILES string of the molecule is CC1CCc2nnc(C(=N)N)n2C1. The second-order valence-electron chi connectivity index (χ2n) is 3.61. The molecule has 5 nitrogen and oxygen atoms in total. The molecule has 13 heavy (non-hydrogen) atoms. The fraction of sp³-hybridized carbons (Fsp3) is 0.625. The number of hydrogen-bond donors (Lipinski definition) is 2. The highest BCUT2D eigenvalue weighted by molar-refractivity contribution is 5.91. The van der Waals surface area contributed by atoms with Crippen molar-refractivity contribution in [2.45, 2.75) is 26.3 Å². The van der Waals surface area contributed by atoms with Crippen molar-refractivity contribution in [3.63, 3.8) is 0 Å². The molecule has 1 aliphatic heterocycles. The van der Waals surface area contributed by atoms with E-state index >= 15 is 0 Å². The summed E-state index contributed by atoms with van der Waals surface area (Å²) in [6.07, 6.45) is 2.09. The third kappa shape index (κ3) is 1.30. The van der Waals surface area contributed by atoms with Crippen molar-refractivity contribution >= 4 is 5.84 Å². The van der Waals surface area contributed by atoms with Gasteiger partial charge in [0.2, 0.25) is 0 Å². The highest BCUT2D eigenvalue weighted by Crippen LogP contribution is 2.18.